The van der Waals surface area contributed by atoms with Crippen LogP contribution in [0.3, 0.4) is 0 Å². The van der Waals surface area contributed by atoms with Gasteiger partial charge in [-0.05, 0) is 49.2 Å². The Morgan fingerprint density at radius 2 is 2.00 bits per heavy atom. The van der Waals surface area contributed by atoms with Gasteiger partial charge in [-0.15, -0.1) is 0 Å². The molecule has 2 rings (SSSR count). The summed E-state index contributed by atoms with van der Waals surface area (Å²) in [6.45, 7) is 2.06. The maximum absolute atomic E-state index is 12.7. The van der Waals surface area contributed by atoms with Gasteiger partial charge in [-0.3, -0.25) is 4.79 Å². The van der Waals surface area contributed by atoms with E-state index >= 15 is 0 Å². The van der Waals surface area contributed by atoms with Gasteiger partial charge in [0.25, 0.3) is 0 Å². The summed E-state index contributed by atoms with van der Waals surface area (Å²) in [6.07, 6.45) is 4.09. The van der Waals surface area contributed by atoms with Crippen LogP contribution in [0.25, 0.3) is 0 Å². The molecule has 24 heavy (non-hydrogen) atoms. The number of hydrogen-bond acceptors (Lipinski definition) is 4. The van der Waals surface area contributed by atoms with E-state index in [1.165, 1.54) is 0 Å². The number of Topliss-reactive ketones (excluding diaryl/α,β-unsaturated/α-hetero) is 1. The van der Waals surface area contributed by atoms with Crippen LogP contribution in [-0.4, -0.2) is 10.8 Å². The topological polar surface area (TPSA) is 65.8 Å². The number of hydrogen-bond donors (Lipinski definition) is 1. The summed E-state index contributed by atoms with van der Waals surface area (Å²) < 4.78 is 0. The van der Waals surface area contributed by atoms with E-state index in [-0.39, 0.29) is 11.4 Å². The van der Waals surface area contributed by atoms with E-state index in [4.69, 9.17) is 11.6 Å². The summed E-state index contributed by atoms with van der Waals surface area (Å²) >= 11 is 5.86. The van der Waals surface area contributed by atoms with Gasteiger partial charge in [0.15, 0.2) is 0 Å². The van der Waals surface area contributed by atoms with Gasteiger partial charge in [0.1, 0.15) is 17.5 Å². The number of nitrogens with zero attached hydrogens (tertiary/aromatic N) is 2. The molecule has 1 heterocycles. The van der Waals surface area contributed by atoms with Crippen molar-refractivity contribution in [3.63, 3.8) is 0 Å². The molecule has 0 spiro atoms. The number of unbranched alkanes of at least 4 members (excludes halogenated alkanes) is 1. The van der Waals surface area contributed by atoms with Gasteiger partial charge in [-0.25, -0.2) is 4.98 Å². The number of carbonyl (C=O) groups is 1. The molecular formula is C19H18ClN3O. The minimum absolute atomic E-state index is 0.108. The first kappa shape index (κ1) is 17.7. The van der Waals surface area contributed by atoms with Gasteiger partial charge in [0.05, 0.1) is 0 Å². The number of aromatic nitrogens is 1. The summed E-state index contributed by atoms with van der Waals surface area (Å²) in [5.74, 6) is 0.295. The average Bonchev–Trinajstić information content (AvgIpc) is 2.61. The number of ketones is 1. The first-order chi connectivity index (χ1) is 11.7. The molecule has 0 radical (unpaired) electrons. The molecule has 0 saturated heterocycles. The number of benzene rings is 1. The second-order valence-electron chi connectivity index (χ2n) is 5.24. The zero-order chi connectivity index (χ0) is 17.4. The Kier molecular flexibility index (Phi) is 6.53. The molecule has 0 aliphatic heterocycles. The van der Waals surface area contributed by atoms with Crippen molar-refractivity contribution in [3.8, 4) is 6.07 Å². The van der Waals surface area contributed by atoms with E-state index in [2.05, 4.69) is 23.3 Å². The third-order valence-electron chi connectivity index (χ3n) is 3.47. The zero-order valence-corrected chi connectivity index (χ0v) is 14.2. The largest absolute Gasteiger partial charge is 0.342 e. The van der Waals surface area contributed by atoms with Crippen molar-refractivity contribution in [3.05, 3.63) is 70.5 Å². The van der Waals surface area contributed by atoms with Gasteiger partial charge >= 0.3 is 0 Å². The molecule has 5 heteroatoms. The smallest absolute Gasteiger partial charge is 0.205 e. The van der Waals surface area contributed by atoms with Gasteiger partial charge < -0.3 is 5.32 Å². The predicted molar refractivity (Wildman–Crippen MR) is 95.8 cm³/mol. The molecule has 122 valence electrons. The van der Waals surface area contributed by atoms with Crippen LogP contribution in [0.5, 0.6) is 0 Å². The normalized spacial score (nSPS) is 11.4. The minimum Gasteiger partial charge on any atom is -0.342 e. The van der Waals surface area contributed by atoms with E-state index < -0.39 is 0 Å². The Morgan fingerprint density at radius 3 is 2.58 bits per heavy atom. The number of pyridine rings is 1. The van der Waals surface area contributed by atoms with Crippen LogP contribution < -0.4 is 5.32 Å². The van der Waals surface area contributed by atoms with Crippen LogP contribution >= 0.6 is 11.6 Å². The third kappa shape index (κ3) is 4.68. The molecule has 2 aromatic rings. The number of anilines is 1. The van der Waals surface area contributed by atoms with E-state index in [0.717, 1.165) is 12.8 Å². The summed E-state index contributed by atoms with van der Waals surface area (Å²) in [5, 5.41) is 13.2. The Hall–Kier alpha value is -2.64. The first-order valence-corrected chi connectivity index (χ1v) is 8.15. The third-order valence-corrected chi connectivity index (χ3v) is 3.72. The second kappa shape index (κ2) is 8.85. The molecule has 1 aromatic heterocycles. The minimum atomic E-state index is -0.316. The quantitative estimate of drug-likeness (QED) is 0.438. The molecule has 0 aliphatic carbocycles. The van der Waals surface area contributed by atoms with Gasteiger partial charge in [0.2, 0.25) is 5.78 Å². The lowest BCUT2D eigenvalue weighted by molar-refractivity contribution is 0.103. The molecule has 0 unspecified atom stereocenters. The summed E-state index contributed by atoms with van der Waals surface area (Å²) in [5.41, 5.74) is 1.14. The van der Waals surface area contributed by atoms with Crippen LogP contribution in [0.4, 0.5) is 5.82 Å². The lowest BCUT2D eigenvalue weighted by Gasteiger charge is -2.12. The van der Waals surface area contributed by atoms with Crippen molar-refractivity contribution in [1.29, 1.82) is 5.26 Å². The maximum atomic E-state index is 12.7. The van der Waals surface area contributed by atoms with Gasteiger partial charge in [0, 0.05) is 22.5 Å². The highest BCUT2D eigenvalue weighted by molar-refractivity contribution is 6.30. The van der Waals surface area contributed by atoms with Gasteiger partial charge in [-0.1, -0.05) is 31.0 Å². The average molecular weight is 340 g/mol. The van der Waals surface area contributed by atoms with Crippen molar-refractivity contribution in [2.45, 2.75) is 26.2 Å². The highest BCUT2D eigenvalue weighted by Crippen LogP contribution is 2.20. The second-order valence-corrected chi connectivity index (χ2v) is 5.68. The SMILES string of the molecule is CCCC/C(Nc1ccccn1)=C(/C#N)C(=O)c1ccc(Cl)cc1. The van der Waals surface area contributed by atoms with Crippen LogP contribution in [0, 0.1) is 11.3 Å². The predicted octanol–water partition coefficient (Wildman–Crippen LogP) is 5.00. The highest BCUT2D eigenvalue weighted by Gasteiger charge is 2.17. The van der Waals surface area contributed by atoms with E-state index in [0.29, 0.717) is 28.5 Å². The Bertz CT molecular complexity index is 761. The molecule has 0 fully saturated rings. The Balaban J connectivity index is 2.38. The molecule has 1 N–H and O–H groups in total. The Labute approximate surface area is 146 Å². The molecule has 0 bridgehead atoms. The lowest BCUT2D eigenvalue weighted by Crippen LogP contribution is -2.11. The Morgan fingerprint density at radius 1 is 1.25 bits per heavy atom. The van der Waals surface area contributed by atoms with E-state index in [9.17, 15) is 10.1 Å². The fraction of sp³-hybridized carbons (Fsp3) is 0.211. The number of carbonyl (C=O) groups excluding carboxylic acids is 1. The van der Waals surface area contributed by atoms with Crippen molar-refractivity contribution in [2.75, 3.05) is 5.32 Å². The fourth-order valence-corrected chi connectivity index (χ4v) is 2.32. The van der Waals surface area contributed by atoms with Crippen LogP contribution in [-0.2, 0) is 0 Å². The van der Waals surface area contributed by atoms with Crippen LogP contribution in [0.15, 0.2) is 59.9 Å². The first-order valence-electron chi connectivity index (χ1n) is 7.77. The maximum Gasteiger partial charge on any atom is 0.205 e. The molecule has 0 atom stereocenters. The number of nitriles is 1. The van der Waals surface area contributed by atoms with Crippen molar-refractivity contribution in [2.24, 2.45) is 0 Å². The molecule has 0 amide bonds. The van der Waals surface area contributed by atoms with E-state index in [1.54, 1.807) is 36.5 Å². The zero-order valence-electron chi connectivity index (χ0n) is 13.4. The van der Waals surface area contributed by atoms with Crippen molar-refractivity contribution in [1.82, 2.24) is 4.98 Å². The standard InChI is InChI=1S/C19H18ClN3O/c1-2-3-6-17(23-18-7-4-5-12-22-18)16(13-21)19(24)14-8-10-15(20)11-9-14/h4-5,7-12H,2-3,6H2,1H3,(H,22,23)/b17-16+. The van der Waals surface area contributed by atoms with Crippen LogP contribution in [0.1, 0.15) is 36.5 Å². The number of rotatable bonds is 7. The highest BCUT2D eigenvalue weighted by atomic mass is 35.5. The van der Waals surface area contributed by atoms with Crippen LogP contribution in [0.2, 0.25) is 5.02 Å². The summed E-state index contributed by atoms with van der Waals surface area (Å²) in [6, 6.07) is 14.0. The van der Waals surface area contributed by atoms with E-state index in [1.807, 2.05) is 12.1 Å². The molecule has 4 nitrogen and oxygen atoms in total. The summed E-state index contributed by atoms with van der Waals surface area (Å²) in [4.78, 5) is 16.9. The molecule has 1 aromatic carbocycles. The lowest BCUT2D eigenvalue weighted by atomic mass is 10.00. The van der Waals surface area contributed by atoms with Gasteiger partial charge in [-0.2, -0.15) is 5.26 Å². The fourth-order valence-electron chi connectivity index (χ4n) is 2.20. The monoisotopic (exact) mass is 339 g/mol. The molecule has 0 saturated carbocycles. The molecular weight excluding hydrogens is 322 g/mol. The number of halogens is 1. The van der Waals surface area contributed by atoms with Crippen molar-refractivity contribution >= 4 is 23.2 Å². The number of nitrogens with one attached hydrogen (secondary N) is 1. The summed E-state index contributed by atoms with van der Waals surface area (Å²) in [7, 11) is 0. The number of allylic oxidation sites excluding steroid dienone is 2. The van der Waals surface area contributed by atoms with Crippen molar-refractivity contribution < 1.29 is 4.79 Å². The molecule has 0 aliphatic rings.